The maximum absolute atomic E-state index is 11.0. The minimum atomic E-state index is -4.88. The Morgan fingerprint density at radius 2 is 1.64 bits per heavy atom. The maximum atomic E-state index is 11.0. The molecule has 2 aliphatic heterocycles. The molecule has 0 saturated carbocycles. The second-order valence-electron chi connectivity index (χ2n) is 6.19. The van der Waals surface area contributed by atoms with Crippen molar-refractivity contribution in [2.24, 2.45) is 0 Å². The van der Waals surface area contributed by atoms with E-state index in [2.05, 4.69) is 4.18 Å². The third kappa shape index (κ3) is 5.41. The topological polar surface area (TPSA) is 227 Å². The Balaban J connectivity index is 2.15. The van der Waals surface area contributed by atoms with E-state index in [9.17, 15) is 38.4 Å². The molecule has 2 fully saturated rings. The van der Waals surface area contributed by atoms with Gasteiger partial charge in [0.2, 0.25) is 0 Å². The molecule has 0 aliphatic carbocycles. The molecule has 2 rings (SSSR count). The fourth-order valence-corrected chi connectivity index (χ4v) is 3.17. The Kier molecular flexibility index (Phi) is 7.43. The zero-order valence-corrected chi connectivity index (χ0v) is 14.9. The van der Waals surface area contributed by atoms with E-state index < -0.39 is 84.5 Å². The van der Waals surface area contributed by atoms with E-state index in [-0.39, 0.29) is 6.29 Å². The number of ether oxygens (including phenoxy) is 3. The van der Waals surface area contributed by atoms with Crippen LogP contribution in [0.1, 0.15) is 6.42 Å². The van der Waals surface area contributed by atoms with Crippen LogP contribution in [0.4, 0.5) is 0 Å². The summed E-state index contributed by atoms with van der Waals surface area (Å²) in [6, 6.07) is 0. The summed E-state index contributed by atoms with van der Waals surface area (Å²) >= 11 is 0. The normalized spacial score (nSPS) is 41.7. The first-order valence-corrected chi connectivity index (χ1v) is 9.28. The van der Waals surface area contributed by atoms with Gasteiger partial charge >= 0.3 is 16.4 Å². The summed E-state index contributed by atoms with van der Waals surface area (Å²) in [5.74, 6) is -1.38. The fourth-order valence-electron chi connectivity index (χ4n) is 2.86. The van der Waals surface area contributed by atoms with Gasteiger partial charge in [-0.05, 0) is 0 Å². The fraction of sp³-hybridized carbons (Fsp3) is 0.846. The number of aliphatic hydroxyl groups excluding tert-OH is 4. The largest absolute Gasteiger partial charge is 0.481 e. The maximum Gasteiger partial charge on any atom is 0.397 e. The molecule has 2 aliphatic rings. The lowest BCUT2D eigenvalue weighted by Gasteiger charge is -2.41. The van der Waals surface area contributed by atoms with Crippen molar-refractivity contribution in [3.63, 3.8) is 0 Å². The second kappa shape index (κ2) is 9.04. The zero-order valence-electron chi connectivity index (χ0n) is 14.0. The number of aliphatic hydroxyl groups is 4. The van der Waals surface area contributed by atoms with Crippen molar-refractivity contribution >= 4 is 22.7 Å². The molecule has 2 heterocycles. The molecule has 0 bridgehead atoms. The third-order valence-electron chi connectivity index (χ3n) is 4.22. The van der Waals surface area contributed by atoms with Gasteiger partial charge in [0.15, 0.2) is 12.6 Å². The number of carbonyl (C=O) groups excluding carboxylic acids is 1. The minimum absolute atomic E-state index is 0.193. The molecule has 0 aromatic rings. The smallest absolute Gasteiger partial charge is 0.397 e. The molecule has 0 spiro atoms. The van der Waals surface area contributed by atoms with E-state index >= 15 is 0 Å². The number of carbonyl (C=O) groups is 2. The van der Waals surface area contributed by atoms with Gasteiger partial charge in [-0.15, -0.1) is 0 Å². The quantitative estimate of drug-likeness (QED) is 0.158. The van der Waals surface area contributed by atoms with Crippen molar-refractivity contribution in [3.05, 3.63) is 0 Å². The Morgan fingerprint density at radius 3 is 2.18 bits per heavy atom. The number of aliphatic carboxylic acids is 1. The van der Waals surface area contributed by atoms with Crippen molar-refractivity contribution in [1.29, 1.82) is 0 Å². The van der Waals surface area contributed by atoms with E-state index in [0.29, 0.717) is 0 Å². The first-order chi connectivity index (χ1) is 12.9. The monoisotopic (exact) mass is 432 g/mol. The predicted molar refractivity (Wildman–Crippen MR) is 82.0 cm³/mol. The number of rotatable bonds is 8. The highest BCUT2D eigenvalue weighted by Gasteiger charge is 2.51. The van der Waals surface area contributed by atoms with E-state index in [1.54, 1.807) is 0 Å². The number of hydrogen-bond acceptors (Lipinski definition) is 12. The van der Waals surface area contributed by atoms with Gasteiger partial charge in [0.1, 0.15) is 42.7 Å². The molecular weight excluding hydrogens is 412 g/mol. The van der Waals surface area contributed by atoms with Crippen LogP contribution in [0.2, 0.25) is 0 Å². The molecule has 3 unspecified atom stereocenters. The summed E-state index contributed by atoms with van der Waals surface area (Å²) in [6.07, 6.45) is -15.4. The highest BCUT2D eigenvalue weighted by atomic mass is 32.3. The van der Waals surface area contributed by atoms with E-state index in [1.807, 2.05) is 0 Å². The average molecular weight is 432 g/mol. The van der Waals surface area contributed by atoms with Crippen LogP contribution in [-0.2, 0) is 38.4 Å². The van der Waals surface area contributed by atoms with Crippen molar-refractivity contribution in [1.82, 2.24) is 0 Å². The van der Waals surface area contributed by atoms with Crippen LogP contribution in [0.5, 0.6) is 0 Å². The summed E-state index contributed by atoms with van der Waals surface area (Å²) in [5, 5.41) is 48.6. The Labute approximate surface area is 158 Å². The number of carboxylic acids is 1. The van der Waals surface area contributed by atoms with Crippen molar-refractivity contribution in [2.75, 3.05) is 6.61 Å². The highest BCUT2D eigenvalue weighted by Crippen LogP contribution is 2.30. The number of carboxylic acid groups (broad SMARTS) is 1. The van der Waals surface area contributed by atoms with Gasteiger partial charge in [-0.2, -0.15) is 8.42 Å². The lowest BCUT2D eigenvalue weighted by Crippen LogP contribution is -2.60. The molecule has 14 nitrogen and oxygen atoms in total. The first kappa shape index (κ1) is 23.0. The van der Waals surface area contributed by atoms with Gasteiger partial charge in [0.05, 0.1) is 19.1 Å². The summed E-state index contributed by atoms with van der Waals surface area (Å²) < 4.78 is 49.7. The molecule has 15 heteroatoms. The third-order valence-corrected chi connectivity index (χ3v) is 4.66. The van der Waals surface area contributed by atoms with Gasteiger partial charge in [-0.3, -0.25) is 9.35 Å². The predicted octanol–water partition coefficient (Wildman–Crippen LogP) is -4.20. The Morgan fingerprint density at radius 1 is 1.00 bits per heavy atom. The molecule has 2 saturated heterocycles. The van der Waals surface area contributed by atoms with Crippen molar-refractivity contribution < 1.29 is 66.5 Å². The molecule has 28 heavy (non-hydrogen) atoms. The van der Waals surface area contributed by atoms with E-state index in [1.165, 1.54) is 0 Å². The molecule has 0 radical (unpaired) electrons. The van der Waals surface area contributed by atoms with Gasteiger partial charge in [-0.25, -0.2) is 4.18 Å². The molecule has 162 valence electrons. The van der Waals surface area contributed by atoms with Crippen LogP contribution in [-0.4, -0.2) is 112 Å². The van der Waals surface area contributed by atoms with E-state index in [0.717, 1.165) is 0 Å². The molecule has 0 aromatic carbocycles. The summed E-state index contributed by atoms with van der Waals surface area (Å²) in [6.45, 7) is -0.878. The van der Waals surface area contributed by atoms with Crippen molar-refractivity contribution in [2.45, 2.75) is 61.5 Å². The Hall–Kier alpha value is -1.27. The summed E-state index contributed by atoms with van der Waals surface area (Å²) in [5.41, 5.74) is 0. The summed E-state index contributed by atoms with van der Waals surface area (Å²) in [7, 11) is -4.88. The van der Waals surface area contributed by atoms with Gasteiger partial charge in [0, 0.05) is 0 Å². The highest BCUT2D eigenvalue weighted by molar-refractivity contribution is 7.80. The lowest BCUT2D eigenvalue weighted by atomic mass is 9.96. The van der Waals surface area contributed by atoms with Crippen LogP contribution in [0, 0.1) is 0 Å². The molecule has 0 amide bonds. The van der Waals surface area contributed by atoms with Crippen LogP contribution in [0.25, 0.3) is 0 Å². The average Bonchev–Trinajstić information content (AvgIpc) is 2.89. The first-order valence-electron chi connectivity index (χ1n) is 7.92. The van der Waals surface area contributed by atoms with Crippen LogP contribution < -0.4 is 0 Å². The van der Waals surface area contributed by atoms with Crippen molar-refractivity contribution in [3.8, 4) is 0 Å². The van der Waals surface area contributed by atoms with Crippen LogP contribution in [0.15, 0.2) is 0 Å². The molecule has 6 N–H and O–H groups in total. The van der Waals surface area contributed by atoms with Gasteiger partial charge in [0.25, 0.3) is 0 Å². The molecule has 9 atom stereocenters. The van der Waals surface area contributed by atoms with Gasteiger partial charge in [-0.1, -0.05) is 0 Å². The van der Waals surface area contributed by atoms with Crippen LogP contribution >= 0.6 is 0 Å². The summed E-state index contributed by atoms with van der Waals surface area (Å²) in [4.78, 5) is 21.8. The second-order valence-corrected chi connectivity index (χ2v) is 7.28. The van der Waals surface area contributed by atoms with Crippen LogP contribution in [0.3, 0.4) is 0 Å². The number of aldehydes is 1. The zero-order chi connectivity index (χ0) is 21.2. The Bertz CT molecular complexity index is 666. The molecule has 0 aromatic heterocycles. The van der Waals surface area contributed by atoms with E-state index in [4.69, 9.17) is 23.9 Å². The number of hydrogen-bond donors (Lipinski definition) is 6. The molecular formula is C13H20O14S. The SMILES string of the molecule is O=C[C@@H]1O[C@H](COS(=O)(=O)O)C(O[C@@H]2OC(CC(=O)O)[C@@H](O)C(O)[C@@H]2O)[C@@H]1O. The standard InChI is InChI=1S/C13H20O14S/c14-2-5-9(18)12(6(25-5)3-24-28(21,22)23)27-13-11(20)10(19)8(17)4(26-13)1-7(15)16/h2,4-6,8-13,17-20H,1,3H2,(H,15,16)(H,21,22,23)/t4?,5-,6+,8+,9+,10?,11-,12?,13-/m0/s1. The van der Waals surface area contributed by atoms with Gasteiger partial charge < -0.3 is 44.5 Å². The minimum Gasteiger partial charge on any atom is -0.481 e. The lowest BCUT2D eigenvalue weighted by molar-refractivity contribution is -0.314.